The molecule has 6 heteroatoms. The fourth-order valence-corrected chi connectivity index (χ4v) is 6.11. The molecule has 2 saturated carbocycles. The number of hydrogen-bond donors (Lipinski definition) is 0. The second kappa shape index (κ2) is 5.13. The first-order chi connectivity index (χ1) is 8.96. The van der Waals surface area contributed by atoms with Crippen LogP contribution < -0.4 is 0 Å². The third kappa shape index (κ3) is 3.23. The summed E-state index contributed by atoms with van der Waals surface area (Å²) in [4.78, 5) is 0. The number of aryl methyl sites for hydroxylation is 1. The van der Waals surface area contributed by atoms with Gasteiger partial charge in [0.2, 0.25) is 0 Å². The van der Waals surface area contributed by atoms with Crippen molar-refractivity contribution in [3.05, 3.63) is 15.4 Å². The lowest BCUT2D eigenvalue weighted by molar-refractivity contribution is 0.383. The first-order valence-corrected chi connectivity index (χ1v) is 9.78. The average molecular weight is 364 g/mol. The minimum atomic E-state index is -3.29. The highest BCUT2D eigenvalue weighted by molar-refractivity contribution is 9.11. The molecule has 0 bridgehead atoms. The molecule has 0 saturated heterocycles. The maximum atomic E-state index is 12.7. The largest absolute Gasteiger partial charge is 0.252 e. The monoisotopic (exact) mass is 363 g/mol. The lowest BCUT2D eigenvalue weighted by atomic mass is 10.4. The highest BCUT2D eigenvalue weighted by Gasteiger charge is 2.36. The summed E-state index contributed by atoms with van der Waals surface area (Å²) < 4.78 is 28.6. The third-order valence-electron chi connectivity index (χ3n) is 3.75. The number of halogens is 1. The van der Waals surface area contributed by atoms with E-state index in [9.17, 15) is 8.42 Å². The van der Waals surface area contributed by atoms with Gasteiger partial charge in [0.25, 0.3) is 10.0 Å². The van der Waals surface area contributed by atoms with Crippen LogP contribution in [0.1, 0.15) is 31.2 Å². The van der Waals surface area contributed by atoms with E-state index >= 15 is 0 Å². The van der Waals surface area contributed by atoms with Crippen LogP contribution in [0, 0.1) is 18.8 Å². The average Bonchev–Trinajstić information content (AvgIpc) is 3.23. The third-order valence-corrected chi connectivity index (χ3v) is 8.16. The Balaban J connectivity index is 1.84. The summed E-state index contributed by atoms with van der Waals surface area (Å²) in [5.41, 5.74) is 1.00. The Labute approximate surface area is 127 Å². The molecule has 2 aliphatic carbocycles. The Morgan fingerprint density at radius 1 is 1.26 bits per heavy atom. The molecule has 0 spiro atoms. The van der Waals surface area contributed by atoms with Crippen LogP contribution >= 0.6 is 27.3 Å². The van der Waals surface area contributed by atoms with E-state index in [1.807, 2.05) is 6.92 Å². The molecule has 1 aromatic heterocycles. The standard InChI is InChI=1S/C13H18BrNO2S2/c1-9-6-12(18-13(9)14)19(16,17)15(7-10-2-3-10)8-11-4-5-11/h6,10-11H,2-5,7-8H2,1H3. The number of thiophene rings is 1. The summed E-state index contributed by atoms with van der Waals surface area (Å²) in [6.07, 6.45) is 4.74. The van der Waals surface area contributed by atoms with Gasteiger partial charge in [-0.2, -0.15) is 4.31 Å². The van der Waals surface area contributed by atoms with Gasteiger partial charge in [0.15, 0.2) is 0 Å². The van der Waals surface area contributed by atoms with Gasteiger partial charge >= 0.3 is 0 Å². The predicted octanol–water partition coefficient (Wildman–Crippen LogP) is 3.63. The normalized spacial score (nSPS) is 20.2. The van der Waals surface area contributed by atoms with Gasteiger partial charge in [0.05, 0.1) is 3.79 Å². The van der Waals surface area contributed by atoms with E-state index in [4.69, 9.17) is 0 Å². The topological polar surface area (TPSA) is 37.4 Å². The highest BCUT2D eigenvalue weighted by Crippen LogP contribution is 2.38. The molecule has 1 aromatic rings. The van der Waals surface area contributed by atoms with Crippen molar-refractivity contribution in [3.8, 4) is 0 Å². The van der Waals surface area contributed by atoms with Crippen LogP contribution in [0.3, 0.4) is 0 Å². The zero-order chi connectivity index (χ0) is 13.6. The second-order valence-corrected chi connectivity index (χ2v) is 10.3. The smallest absolute Gasteiger partial charge is 0.206 e. The maximum absolute atomic E-state index is 12.7. The van der Waals surface area contributed by atoms with Crippen molar-refractivity contribution in [1.29, 1.82) is 0 Å². The SMILES string of the molecule is Cc1cc(S(=O)(=O)N(CC2CC2)CC2CC2)sc1Br. The minimum Gasteiger partial charge on any atom is -0.206 e. The van der Waals surface area contributed by atoms with E-state index in [0.717, 1.165) is 9.35 Å². The molecular weight excluding hydrogens is 346 g/mol. The lowest BCUT2D eigenvalue weighted by Gasteiger charge is -2.21. The summed E-state index contributed by atoms with van der Waals surface area (Å²) in [5, 5.41) is 0. The molecule has 0 atom stereocenters. The molecule has 0 radical (unpaired) electrons. The highest BCUT2D eigenvalue weighted by atomic mass is 79.9. The minimum absolute atomic E-state index is 0.484. The molecule has 106 valence electrons. The Hall–Kier alpha value is 0.0900. The summed E-state index contributed by atoms with van der Waals surface area (Å²) >= 11 is 4.75. The quantitative estimate of drug-likeness (QED) is 0.773. The van der Waals surface area contributed by atoms with Crippen LogP contribution in [0.2, 0.25) is 0 Å². The summed E-state index contributed by atoms with van der Waals surface area (Å²) in [7, 11) is -3.29. The van der Waals surface area contributed by atoms with Crippen LogP contribution in [0.5, 0.6) is 0 Å². The van der Waals surface area contributed by atoms with Crippen molar-refractivity contribution in [1.82, 2.24) is 4.31 Å². The molecule has 3 nitrogen and oxygen atoms in total. The molecule has 0 aliphatic heterocycles. The Kier molecular flexibility index (Phi) is 3.79. The van der Waals surface area contributed by atoms with Gasteiger partial charge in [-0.25, -0.2) is 8.42 Å². The fourth-order valence-electron chi connectivity index (χ4n) is 2.13. The zero-order valence-corrected chi connectivity index (χ0v) is 14.2. The first kappa shape index (κ1) is 14.0. The molecular formula is C13H18BrNO2S2. The van der Waals surface area contributed by atoms with Crippen LogP contribution in [-0.2, 0) is 10.0 Å². The van der Waals surface area contributed by atoms with Crippen molar-refractivity contribution in [3.63, 3.8) is 0 Å². The van der Waals surface area contributed by atoms with Gasteiger partial charge < -0.3 is 0 Å². The van der Waals surface area contributed by atoms with Gasteiger partial charge in [0.1, 0.15) is 4.21 Å². The molecule has 0 aromatic carbocycles. The maximum Gasteiger partial charge on any atom is 0.252 e. The summed E-state index contributed by atoms with van der Waals surface area (Å²) in [6.45, 7) is 3.37. The second-order valence-electron chi connectivity index (χ2n) is 5.73. The van der Waals surface area contributed by atoms with E-state index in [0.29, 0.717) is 29.1 Å². The number of hydrogen-bond acceptors (Lipinski definition) is 3. The van der Waals surface area contributed by atoms with Crippen LogP contribution in [-0.4, -0.2) is 25.8 Å². The summed E-state index contributed by atoms with van der Waals surface area (Å²) in [5.74, 6) is 1.19. The lowest BCUT2D eigenvalue weighted by Crippen LogP contribution is -2.34. The molecule has 3 rings (SSSR count). The van der Waals surface area contributed by atoms with Crippen molar-refractivity contribution in [2.75, 3.05) is 13.1 Å². The molecule has 0 amide bonds. The predicted molar refractivity (Wildman–Crippen MR) is 81.0 cm³/mol. The van der Waals surface area contributed by atoms with Gasteiger partial charge in [0, 0.05) is 13.1 Å². The van der Waals surface area contributed by atoms with Gasteiger partial charge in [-0.1, -0.05) is 0 Å². The first-order valence-electron chi connectivity index (χ1n) is 6.73. The molecule has 19 heavy (non-hydrogen) atoms. The Bertz CT molecular complexity index is 540. The Morgan fingerprint density at radius 3 is 2.16 bits per heavy atom. The van der Waals surface area contributed by atoms with Gasteiger partial charge in [-0.3, -0.25) is 0 Å². The van der Waals surface area contributed by atoms with Crippen LogP contribution in [0.25, 0.3) is 0 Å². The van der Waals surface area contributed by atoms with Gasteiger partial charge in [-0.15, -0.1) is 11.3 Å². The van der Waals surface area contributed by atoms with E-state index in [1.54, 1.807) is 10.4 Å². The van der Waals surface area contributed by atoms with Crippen molar-refractivity contribution >= 4 is 37.3 Å². The molecule has 2 aliphatic rings. The van der Waals surface area contributed by atoms with E-state index in [2.05, 4.69) is 15.9 Å². The van der Waals surface area contributed by atoms with Crippen molar-refractivity contribution in [2.45, 2.75) is 36.8 Å². The molecule has 0 N–H and O–H groups in total. The number of sulfonamides is 1. The molecule has 0 unspecified atom stereocenters. The number of rotatable bonds is 6. The molecule has 2 fully saturated rings. The van der Waals surface area contributed by atoms with E-state index in [1.165, 1.54) is 37.0 Å². The van der Waals surface area contributed by atoms with Crippen molar-refractivity contribution in [2.24, 2.45) is 11.8 Å². The Morgan fingerprint density at radius 2 is 1.79 bits per heavy atom. The fraction of sp³-hybridized carbons (Fsp3) is 0.692. The van der Waals surface area contributed by atoms with Crippen LogP contribution in [0.15, 0.2) is 14.1 Å². The van der Waals surface area contributed by atoms with E-state index in [-0.39, 0.29) is 0 Å². The summed E-state index contributed by atoms with van der Waals surface area (Å²) in [6, 6.07) is 1.79. The van der Waals surface area contributed by atoms with Crippen molar-refractivity contribution < 1.29 is 8.42 Å². The van der Waals surface area contributed by atoms with Gasteiger partial charge in [-0.05, 0) is 72.0 Å². The number of nitrogens with zero attached hydrogens (tertiary/aromatic N) is 1. The van der Waals surface area contributed by atoms with E-state index < -0.39 is 10.0 Å². The zero-order valence-electron chi connectivity index (χ0n) is 10.9. The molecule has 1 heterocycles. The van der Waals surface area contributed by atoms with Crippen LogP contribution in [0.4, 0.5) is 0 Å².